The molecule has 1 fully saturated rings. The number of benzene rings is 3. The summed E-state index contributed by atoms with van der Waals surface area (Å²) in [6.45, 7) is 1.50. The molecule has 1 aliphatic heterocycles. The first-order valence-corrected chi connectivity index (χ1v) is 9.79. The molecule has 0 aromatic heterocycles. The minimum absolute atomic E-state index is 0.0841. The van der Waals surface area contributed by atoms with Gasteiger partial charge in [0.05, 0.1) is 7.11 Å². The van der Waals surface area contributed by atoms with Gasteiger partial charge >= 0.3 is 0 Å². The molecule has 3 aromatic carbocycles. The Labute approximate surface area is 166 Å². The van der Waals surface area contributed by atoms with Crippen molar-refractivity contribution in [1.29, 1.82) is 0 Å². The van der Waals surface area contributed by atoms with Crippen molar-refractivity contribution in [2.75, 3.05) is 13.7 Å². The molecule has 3 heteroatoms. The summed E-state index contributed by atoms with van der Waals surface area (Å²) in [5.74, 6) is 1.19. The van der Waals surface area contributed by atoms with Crippen molar-refractivity contribution >= 4 is 5.91 Å². The Morgan fingerprint density at radius 2 is 1.50 bits per heavy atom. The number of hydrogen-bond acceptors (Lipinski definition) is 2. The second kappa shape index (κ2) is 8.30. The van der Waals surface area contributed by atoms with Crippen LogP contribution in [0.25, 0.3) is 11.1 Å². The fraction of sp³-hybridized carbons (Fsp3) is 0.240. The highest BCUT2D eigenvalue weighted by atomic mass is 16.5. The molecule has 0 bridgehead atoms. The van der Waals surface area contributed by atoms with Crippen LogP contribution < -0.4 is 4.74 Å². The quantitative estimate of drug-likeness (QED) is 0.613. The van der Waals surface area contributed by atoms with E-state index in [0.29, 0.717) is 6.54 Å². The summed E-state index contributed by atoms with van der Waals surface area (Å²) in [5, 5.41) is 0. The minimum atomic E-state index is 0.0841. The molecule has 1 heterocycles. The molecule has 0 N–H and O–H groups in total. The molecule has 142 valence electrons. The molecule has 0 radical (unpaired) electrons. The monoisotopic (exact) mass is 371 g/mol. The number of ether oxygens (including phenoxy) is 1. The molecule has 1 aliphatic rings. The maximum atomic E-state index is 12.8. The average molecular weight is 371 g/mol. The van der Waals surface area contributed by atoms with E-state index >= 15 is 0 Å². The molecule has 3 aromatic rings. The highest BCUT2D eigenvalue weighted by Gasteiger charge is 2.31. The smallest absolute Gasteiger partial charge is 0.226 e. The van der Waals surface area contributed by atoms with Crippen molar-refractivity contribution < 1.29 is 9.53 Å². The van der Waals surface area contributed by atoms with Crippen LogP contribution in [0.2, 0.25) is 0 Å². The number of amides is 1. The third-order valence-corrected chi connectivity index (χ3v) is 5.48. The maximum Gasteiger partial charge on any atom is 0.226 e. The van der Waals surface area contributed by atoms with E-state index in [1.54, 1.807) is 7.11 Å². The van der Waals surface area contributed by atoms with E-state index in [2.05, 4.69) is 48.5 Å². The summed E-state index contributed by atoms with van der Waals surface area (Å²) < 4.78 is 5.20. The molecular weight excluding hydrogens is 346 g/mol. The van der Waals surface area contributed by atoms with E-state index in [1.807, 2.05) is 35.2 Å². The predicted molar refractivity (Wildman–Crippen MR) is 112 cm³/mol. The van der Waals surface area contributed by atoms with E-state index in [-0.39, 0.29) is 11.8 Å². The average Bonchev–Trinajstić information content (AvgIpc) is 3.09. The number of nitrogens with zero attached hydrogens (tertiary/aromatic N) is 1. The van der Waals surface area contributed by atoms with Crippen LogP contribution >= 0.6 is 0 Å². The standard InChI is InChI=1S/C25H25NO2/c1-28-24-13-9-20(10-14-24)18-26-16-15-23(25(26)27)17-19-7-11-22(12-8-19)21-5-3-2-4-6-21/h2-14,23H,15-18H2,1H3. The van der Waals surface area contributed by atoms with Crippen molar-refractivity contribution in [3.05, 3.63) is 90.0 Å². The molecule has 1 unspecified atom stereocenters. The van der Waals surface area contributed by atoms with Crippen molar-refractivity contribution in [2.45, 2.75) is 19.4 Å². The zero-order chi connectivity index (χ0) is 19.3. The minimum Gasteiger partial charge on any atom is -0.497 e. The van der Waals surface area contributed by atoms with Crippen LogP contribution in [0.15, 0.2) is 78.9 Å². The second-order valence-electron chi connectivity index (χ2n) is 7.36. The van der Waals surface area contributed by atoms with Crippen molar-refractivity contribution in [3.8, 4) is 16.9 Å². The van der Waals surface area contributed by atoms with E-state index in [9.17, 15) is 4.79 Å². The highest BCUT2D eigenvalue weighted by molar-refractivity contribution is 5.81. The molecule has 1 amide bonds. The fourth-order valence-corrected chi connectivity index (χ4v) is 3.85. The molecule has 1 saturated heterocycles. The van der Waals surface area contributed by atoms with Gasteiger partial charge in [-0.25, -0.2) is 0 Å². The van der Waals surface area contributed by atoms with Gasteiger partial charge in [0.1, 0.15) is 5.75 Å². The van der Waals surface area contributed by atoms with Crippen molar-refractivity contribution in [3.63, 3.8) is 0 Å². The SMILES string of the molecule is COc1ccc(CN2CCC(Cc3ccc(-c4ccccc4)cc3)C2=O)cc1. The highest BCUT2D eigenvalue weighted by Crippen LogP contribution is 2.26. The van der Waals surface area contributed by atoms with Gasteiger partial charge in [0.25, 0.3) is 0 Å². The largest absolute Gasteiger partial charge is 0.497 e. The van der Waals surface area contributed by atoms with Crippen LogP contribution in [0.1, 0.15) is 17.5 Å². The number of hydrogen-bond donors (Lipinski definition) is 0. The summed E-state index contributed by atoms with van der Waals surface area (Å²) in [4.78, 5) is 14.8. The molecule has 3 nitrogen and oxygen atoms in total. The Morgan fingerprint density at radius 1 is 0.857 bits per heavy atom. The van der Waals surface area contributed by atoms with Crippen LogP contribution in [0.4, 0.5) is 0 Å². The summed E-state index contributed by atoms with van der Waals surface area (Å²) >= 11 is 0. The lowest BCUT2D eigenvalue weighted by Crippen LogP contribution is -2.27. The number of carbonyl (C=O) groups excluding carboxylic acids is 1. The third-order valence-electron chi connectivity index (χ3n) is 5.48. The van der Waals surface area contributed by atoms with Gasteiger partial charge in [0.2, 0.25) is 5.91 Å². The molecule has 0 aliphatic carbocycles. The molecule has 4 rings (SSSR count). The maximum absolute atomic E-state index is 12.8. The lowest BCUT2D eigenvalue weighted by molar-refractivity contribution is -0.131. The second-order valence-corrected chi connectivity index (χ2v) is 7.36. The fourth-order valence-electron chi connectivity index (χ4n) is 3.85. The van der Waals surface area contributed by atoms with Gasteiger partial charge in [0.15, 0.2) is 0 Å². The van der Waals surface area contributed by atoms with Gasteiger partial charge in [-0.2, -0.15) is 0 Å². The predicted octanol–water partition coefficient (Wildman–Crippen LogP) is 4.95. The van der Waals surface area contributed by atoms with Gasteiger partial charge in [-0.05, 0) is 47.2 Å². The van der Waals surface area contributed by atoms with Crippen LogP contribution in [0, 0.1) is 5.92 Å². The zero-order valence-electron chi connectivity index (χ0n) is 16.2. The van der Waals surface area contributed by atoms with Crippen LogP contribution in [0.5, 0.6) is 5.75 Å². The van der Waals surface area contributed by atoms with Crippen LogP contribution in [-0.2, 0) is 17.8 Å². The van der Waals surface area contributed by atoms with Crippen LogP contribution in [-0.4, -0.2) is 24.5 Å². The Bertz CT molecular complexity index is 917. The number of methoxy groups -OCH3 is 1. The first kappa shape index (κ1) is 18.3. The lowest BCUT2D eigenvalue weighted by atomic mass is 9.96. The summed E-state index contributed by atoms with van der Waals surface area (Å²) in [7, 11) is 1.66. The summed E-state index contributed by atoms with van der Waals surface area (Å²) in [6.07, 6.45) is 1.74. The number of likely N-dealkylation sites (tertiary alicyclic amines) is 1. The van der Waals surface area contributed by atoms with Gasteiger partial charge in [-0.15, -0.1) is 0 Å². The van der Waals surface area contributed by atoms with E-state index < -0.39 is 0 Å². The Morgan fingerprint density at radius 3 is 2.18 bits per heavy atom. The molecule has 1 atom stereocenters. The number of carbonyl (C=O) groups is 1. The summed E-state index contributed by atoms with van der Waals surface area (Å²) in [6, 6.07) is 26.9. The first-order valence-electron chi connectivity index (χ1n) is 9.79. The molecular formula is C25H25NO2. The molecule has 0 spiro atoms. The Hall–Kier alpha value is -3.07. The first-order chi connectivity index (χ1) is 13.7. The topological polar surface area (TPSA) is 29.5 Å². The Balaban J connectivity index is 1.37. The van der Waals surface area contributed by atoms with E-state index in [4.69, 9.17) is 4.74 Å². The van der Waals surface area contributed by atoms with Gasteiger partial charge in [-0.1, -0.05) is 66.7 Å². The molecule has 0 saturated carbocycles. The van der Waals surface area contributed by atoms with Crippen LogP contribution in [0.3, 0.4) is 0 Å². The van der Waals surface area contributed by atoms with Crippen molar-refractivity contribution in [1.82, 2.24) is 4.90 Å². The van der Waals surface area contributed by atoms with E-state index in [1.165, 1.54) is 16.7 Å². The molecule has 28 heavy (non-hydrogen) atoms. The van der Waals surface area contributed by atoms with Gasteiger partial charge in [-0.3, -0.25) is 4.79 Å². The Kier molecular flexibility index (Phi) is 5.43. The van der Waals surface area contributed by atoms with Crippen molar-refractivity contribution in [2.24, 2.45) is 5.92 Å². The normalized spacial score (nSPS) is 16.4. The zero-order valence-corrected chi connectivity index (χ0v) is 16.2. The van der Waals surface area contributed by atoms with E-state index in [0.717, 1.165) is 30.7 Å². The number of rotatable bonds is 6. The lowest BCUT2D eigenvalue weighted by Gasteiger charge is -2.17. The summed E-state index contributed by atoms with van der Waals surface area (Å²) in [5.41, 5.74) is 4.80. The van der Waals surface area contributed by atoms with Gasteiger partial charge < -0.3 is 9.64 Å². The van der Waals surface area contributed by atoms with Gasteiger partial charge in [0, 0.05) is 19.0 Å². The third kappa shape index (κ3) is 4.09.